The van der Waals surface area contributed by atoms with E-state index >= 15 is 0 Å². The summed E-state index contributed by atoms with van der Waals surface area (Å²) in [5.41, 5.74) is 0. The van der Waals surface area contributed by atoms with Crippen LogP contribution in [0, 0.1) is 0 Å². The predicted molar refractivity (Wildman–Crippen MR) is 60.4 cm³/mol. The summed E-state index contributed by atoms with van der Waals surface area (Å²) in [6.45, 7) is 1.65. The SMILES string of the molecule is C/C(=N\S(=O)(=O)c1ccccc1)N(C)C. The topological polar surface area (TPSA) is 49.7 Å². The van der Waals surface area contributed by atoms with E-state index in [-0.39, 0.29) is 4.90 Å². The Balaban J connectivity index is 3.11. The predicted octanol–water partition coefficient (Wildman–Crippen LogP) is 1.36. The molecule has 0 saturated heterocycles. The molecule has 0 amide bonds. The van der Waals surface area contributed by atoms with Gasteiger partial charge in [-0.25, -0.2) is 0 Å². The Morgan fingerprint density at radius 3 is 2.20 bits per heavy atom. The normalized spacial score (nSPS) is 12.6. The van der Waals surface area contributed by atoms with Crippen LogP contribution in [0.25, 0.3) is 0 Å². The van der Waals surface area contributed by atoms with Gasteiger partial charge >= 0.3 is 0 Å². The standard InChI is InChI=1S/C10H14N2O2S/c1-9(12(2)3)11-15(13,14)10-7-5-4-6-8-10/h4-8H,1-3H3/b11-9+. The van der Waals surface area contributed by atoms with Gasteiger partial charge in [-0.1, -0.05) is 18.2 Å². The summed E-state index contributed by atoms with van der Waals surface area (Å²) < 4.78 is 27.2. The van der Waals surface area contributed by atoms with Crippen molar-refractivity contribution in [3.05, 3.63) is 30.3 Å². The van der Waals surface area contributed by atoms with E-state index in [1.54, 1.807) is 44.1 Å². The van der Waals surface area contributed by atoms with Gasteiger partial charge in [0.15, 0.2) is 0 Å². The van der Waals surface area contributed by atoms with Crippen molar-refractivity contribution in [3.63, 3.8) is 0 Å². The van der Waals surface area contributed by atoms with Crippen molar-refractivity contribution in [1.29, 1.82) is 0 Å². The molecule has 0 saturated carbocycles. The lowest BCUT2D eigenvalue weighted by atomic mass is 10.4. The first-order chi connectivity index (χ1) is 6.93. The zero-order valence-corrected chi connectivity index (χ0v) is 9.82. The van der Waals surface area contributed by atoms with Crippen LogP contribution in [-0.2, 0) is 10.0 Å². The maximum absolute atomic E-state index is 11.7. The molecule has 4 nitrogen and oxygen atoms in total. The summed E-state index contributed by atoms with van der Waals surface area (Å²) in [4.78, 5) is 1.87. The first-order valence-electron chi connectivity index (χ1n) is 4.47. The van der Waals surface area contributed by atoms with Gasteiger partial charge in [0, 0.05) is 14.1 Å². The molecule has 0 fully saturated rings. The maximum Gasteiger partial charge on any atom is 0.283 e. The van der Waals surface area contributed by atoms with Crippen LogP contribution < -0.4 is 0 Å². The van der Waals surface area contributed by atoms with Gasteiger partial charge in [0.1, 0.15) is 5.84 Å². The largest absolute Gasteiger partial charge is 0.366 e. The monoisotopic (exact) mass is 226 g/mol. The lowest BCUT2D eigenvalue weighted by Crippen LogP contribution is -2.19. The van der Waals surface area contributed by atoms with E-state index in [0.717, 1.165) is 0 Å². The Labute approximate surface area is 90.3 Å². The summed E-state index contributed by atoms with van der Waals surface area (Å²) in [7, 11) is -0.0595. The Morgan fingerprint density at radius 2 is 1.73 bits per heavy atom. The molecule has 0 spiro atoms. The lowest BCUT2D eigenvalue weighted by molar-refractivity contribution is 0.591. The highest BCUT2D eigenvalue weighted by Gasteiger charge is 2.12. The van der Waals surface area contributed by atoms with Crippen LogP contribution in [0.2, 0.25) is 0 Å². The molecule has 0 N–H and O–H groups in total. The highest BCUT2D eigenvalue weighted by molar-refractivity contribution is 7.90. The van der Waals surface area contributed by atoms with Gasteiger partial charge in [-0.15, -0.1) is 4.40 Å². The fourth-order valence-corrected chi connectivity index (χ4v) is 2.02. The molecule has 0 bridgehead atoms. The third-order valence-electron chi connectivity index (χ3n) is 1.94. The van der Waals surface area contributed by atoms with Crippen molar-refractivity contribution < 1.29 is 8.42 Å². The van der Waals surface area contributed by atoms with Crippen LogP contribution in [0.5, 0.6) is 0 Å². The van der Waals surface area contributed by atoms with E-state index in [4.69, 9.17) is 0 Å². The summed E-state index contributed by atoms with van der Waals surface area (Å²) in [6.07, 6.45) is 0. The van der Waals surface area contributed by atoms with Crippen LogP contribution in [0.4, 0.5) is 0 Å². The number of nitrogens with zero attached hydrogens (tertiary/aromatic N) is 2. The third kappa shape index (κ3) is 3.06. The van der Waals surface area contributed by atoms with E-state index in [9.17, 15) is 8.42 Å². The smallest absolute Gasteiger partial charge is 0.283 e. The molecule has 0 aromatic heterocycles. The number of rotatable bonds is 2. The van der Waals surface area contributed by atoms with E-state index in [1.807, 2.05) is 0 Å². The second-order valence-corrected chi connectivity index (χ2v) is 4.93. The first kappa shape index (κ1) is 11.7. The molecule has 15 heavy (non-hydrogen) atoms. The fourth-order valence-electron chi connectivity index (χ4n) is 0.901. The van der Waals surface area contributed by atoms with Crippen LogP contribution in [-0.4, -0.2) is 33.2 Å². The minimum Gasteiger partial charge on any atom is -0.366 e. The lowest BCUT2D eigenvalue weighted by Gasteiger charge is -2.10. The average molecular weight is 226 g/mol. The summed E-state index contributed by atoms with van der Waals surface area (Å²) in [6, 6.07) is 8.17. The molecule has 82 valence electrons. The molecular weight excluding hydrogens is 212 g/mol. The molecule has 1 aromatic rings. The zero-order chi connectivity index (χ0) is 11.5. The number of amidine groups is 1. The van der Waals surface area contributed by atoms with Gasteiger partial charge < -0.3 is 4.90 Å². The number of hydrogen-bond acceptors (Lipinski definition) is 2. The minimum absolute atomic E-state index is 0.214. The summed E-state index contributed by atoms with van der Waals surface area (Å²) >= 11 is 0. The van der Waals surface area contributed by atoms with Gasteiger partial charge in [0.2, 0.25) is 0 Å². The van der Waals surface area contributed by atoms with Crippen molar-refractivity contribution in [2.75, 3.05) is 14.1 Å². The van der Waals surface area contributed by atoms with Crippen LogP contribution >= 0.6 is 0 Å². The number of benzene rings is 1. The molecule has 0 aliphatic rings. The molecule has 0 aliphatic carbocycles. The van der Waals surface area contributed by atoms with Crippen molar-refractivity contribution in [2.24, 2.45) is 4.40 Å². The maximum atomic E-state index is 11.7. The van der Waals surface area contributed by atoms with Gasteiger partial charge in [0.05, 0.1) is 4.90 Å². The van der Waals surface area contributed by atoms with E-state index in [2.05, 4.69) is 4.40 Å². The minimum atomic E-state index is -3.56. The Hall–Kier alpha value is -1.36. The Bertz CT molecular complexity index is 450. The Morgan fingerprint density at radius 1 is 1.20 bits per heavy atom. The molecule has 5 heteroatoms. The highest BCUT2D eigenvalue weighted by atomic mass is 32.2. The first-order valence-corrected chi connectivity index (χ1v) is 5.91. The quantitative estimate of drug-likeness (QED) is 0.565. The molecule has 1 aromatic carbocycles. The number of hydrogen-bond donors (Lipinski definition) is 0. The molecule has 1 rings (SSSR count). The van der Waals surface area contributed by atoms with Gasteiger partial charge in [-0.2, -0.15) is 8.42 Å². The van der Waals surface area contributed by atoms with Crippen LogP contribution in [0.1, 0.15) is 6.92 Å². The fraction of sp³-hybridized carbons (Fsp3) is 0.300. The van der Waals surface area contributed by atoms with Crippen LogP contribution in [0.15, 0.2) is 39.6 Å². The summed E-state index contributed by atoms with van der Waals surface area (Å²) in [5.74, 6) is 0.457. The molecule has 0 atom stereocenters. The van der Waals surface area contributed by atoms with Crippen molar-refractivity contribution in [2.45, 2.75) is 11.8 Å². The zero-order valence-electron chi connectivity index (χ0n) is 9.01. The summed E-state index contributed by atoms with van der Waals surface area (Å²) in [5, 5.41) is 0. The van der Waals surface area contributed by atoms with E-state index < -0.39 is 10.0 Å². The van der Waals surface area contributed by atoms with Crippen molar-refractivity contribution >= 4 is 15.9 Å². The van der Waals surface area contributed by atoms with Gasteiger partial charge in [0.25, 0.3) is 10.0 Å². The third-order valence-corrected chi connectivity index (χ3v) is 3.31. The molecule has 0 aliphatic heterocycles. The highest BCUT2D eigenvalue weighted by Crippen LogP contribution is 2.11. The second-order valence-electron chi connectivity index (χ2n) is 3.32. The Kier molecular flexibility index (Phi) is 3.47. The van der Waals surface area contributed by atoms with Crippen molar-refractivity contribution in [1.82, 2.24) is 4.90 Å². The molecule has 0 heterocycles. The number of sulfonamides is 1. The average Bonchev–Trinajstić information content (AvgIpc) is 2.18. The van der Waals surface area contributed by atoms with Gasteiger partial charge in [-0.3, -0.25) is 0 Å². The van der Waals surface area contributed by atoms with Crippen LogP contribution in [0.3, 0.4) is 0 Å². The van der Waals surface area contributed by atoms with Gasteiger partial charge in [-0.05, 0) is 19.1 Å². The molecular formula is C10H14N2O2S. The molecule has 0 unspecified atom stereocenters. The second kappa shape index (κ2) is 4.44. The van der Waals surface area contributed by atoms with E-state index in [1.165, 1.54) is 12.1 Å². The molecule has 0 radical (unpaired) electrons. The van der Waals surface area contributed by atoms with Crippen molar-refractivity contribution in [3.8, 4) is 0 Å². The van der Waals surface area contributed by atoms with E-state index in [0.29, 0.717) is 5.84 Å².